The average Bonchev–Trinajstić information content (AvgIpc) is 2.19. The average molecular weight is 193 g/mol. The molecule has 0 atom stereocenters. The summed E-state index contributed by atoms with van der Waals surface area (Å²) in [6.45, 7) is 0.536. The van der Waals surface area contributed by atoms with Gasteiger partial charge in [0.1, 0.15) is 0 Å². The molecule has 1 aromatic rings. The maximum atomic E-state index is 8.10. The molecule has 0 spiro atoms. The summed E-state index contributed by atoms with van der Waals surface area (Å²) in [7, 11) is 0. The zero-order valence-electron chi connectivity index (χ0n) is 7.47. The second kappa shape index (κ2) is 5.51. The zero-order chi connectivity index (χ0) is 9.52. The minimum absolute atomic E-state index is 0.536. The molecular weight excluding hydrogens is 182 g/mol. The van der Waals surface area contributed by atoms with E-state index in [2.05, 4.69) is 22.2 Å². The Kier molecular flexibility index (Phi) is 4.23. The molecule has 1 rings (SSSR count). The number of nitrogens with zero attached hydrogens (tertiary/aromatic N) is 3. The Bertz CT molecular complexity index is 318. The number of hydrogen-bond acceptors (Lipinski definition) is 2. The highest BCUT2D eigenvalue weighted by Gasteiger charge is 1.93. The van der Waals surface area contributed by atoms with Crippen LogP contribution in [-0.2, 0) is 6.42 Å². The van der Waals surface area contributed by atoms with Gasteiger partial charge in [-0.25, -0.2) is 0 Å². The smallest absolute Gasteiger partial charge is 0.0298 e. The van der Waals surface area contributed by atoms with Gasteiger partial charge in [-0.15, -0.1) is 11.8 Å². The first-order valence-corrected chi connectivity index (χ1v) is 5.23. The van der Waals surface area contributed by atoms with Gasteiger partial charge in [-0.2, -0.15) is 0 Å². The van der Waals surface area contributed by atoms with Crippen molar-refractivity contribution < 1.29 is 0 Å². The number of thioether (sulfide) groups is 1. The van der Waals surface area contributed by atoms with E-state index in [-0.39, 0.29) is 0 Å². The SMILES string of the molecule is CSc1cccc(CCN=[N+]=[N-])c1. The Labute approximate surface area is 81.8 Å². The van der Waals surface area contributed by atoms with Crippen molar-refractivity contribution >= 4 is 11.8 Å². The van der Waals surface area contributed by atoms with E-state index in [1.54, 1.807) is 11.8 Å². The highest BCUT2D eigenvalue weighted by atomic mass is 32.2. The van der Waals surface area contributed by atoms with Crippen molar-refractivity contribution in [2.45, 2.75) is 11.3 Å². The summed E-state index contributed by atoms with van der Waals surface area (Å²) in [5.74, 6) is 0. The lowest BCUT2D eigenvalue weighted by Crippen LogP contribution is -1.87. The Hall–Kier alpha value is -1.12. The summed E-state index contributed by atoms with van der Waals surface area (Å²) in [5, 5.41) is 3.50. The van der Waals surface area contributed by atoms with Gasteiger partial charge >= 0.3 is 0 Å². The van der Waals surface area contributed by atoms with Gasteiger partial charge in [-0.05, 0) is 35.9 Å². The largest absolute Gasteiger partial charge is 0.130 e. The molecule has 0 unspecified atom stereocenters. The quantitative estimate of drug-likeness (QED) is 0.313. The molecule has 0 radical (unpaired) electrons. The summed E-state index contributed by atoms with van der Waals surface area (Å²) in [6, 6.07) is 8.27. The second-order valence-corrected chi connectivity index (χ2v) is 3.44. The molecule has 0 saturated carbocycles. The molecule has 0 fully saturated rings. The molecule has 0 bridgehead atoms. The van der Waals surface area contributed by atoms with Crippen molar-refractivity contribution in [3.63, 3.8) is 0 Å². The van der Waals surface area contributed by atoms with Crippen molar-refractivity contribution in [1.29, 1.82) is 0 Å². The fourth-order valence-corrected chi connectivity index (χ4v) is 1.54. The molecule has 3 nitrogen and oxygen atoms in total. The van der Waals surface area contributed by atoms with E-state index in [1.165, 1.54) is 10.5 Å². The molecule has 0 N–H and O–H groups in total. The third kappa shape index (κ3) is 3.40. The topological polar surface area (TPSA) is 48.8 Å². The van der Waals surface area contributed by atoms with Crippen LogP contribution in [0.4, 0.5) is 0 Å². The van der Waals surface area contributed by atoms with Crippen LogP contribution in [0.25, 0.3) is 10.4 Å². The summed E-state index contributed by atoms with van der Waals surface area (Å²) >= 11 is 1.72. The molecule has 1 aromatic carbocycles. The highest BCUT2D eigenvalue weighted by molar-refractivity contribution is 7.98. The Morgan fingerprint density at radius 1 is 1.54 bits per heavy atom. The van der Waals surface area contributed by atoms with Gasteiger partial charge in [0.2, 0.25) is 0 Å². The highest BCUT2D eigenvalue weighted by Crippen LogP contribution is 2.15. The van der Waals surface area contributed by atoms with Gasteiger partial charge in [0, 0.05) is 16.4 Å². The van der Waals surface area contributed by atoms with E-state index in [0.29, 0.717) is 6.54 Å². The first-order valence-electron chi connectivity index (χ1n) is 4.00. The minimum atomic E-state index is 0.536. The molecule has 0 aliphatic carbocycles. The van der Waals surface area contributed by atoms with Gasteiger partial charge in [-0.1, -0.05) is 17.2 Å². The van der Waals surface area contributed by atoms with E-state index in [0.717, 1.165) is 6.42 Å². The van der Waals surface area contributed by atoms with Crippen LogP contribution in [0, 0.1) is 0 Å². The Balaban J connectivity index is 2.60. The van der Waals surface area contributed by atoms with Crippen LogP contribution in [0.2, 0.25) is 0 Å². The second-order valence-electron chi connectivity index (χ2n) is 2.56. The molecular formula is C9H11N3S. The third-order valence-electron chi connectivity index (χ3n) is 1.70. The predicted octanol–water partition coefficient (Wildman–Crippen LogP) is 3.26. The van der Waals surface area contributed by atoms with Crippen molar-refractivity contribution in [3.8, 4) is 0 Å². The molecule has 0 heterocycles. The van der Waals surface area contributed by atoms with Crippen LogP contribution in [-0.4, -0.2) is 12.8 Å². The van der Waals surface area contributed by atoms with Crippen LogP contribution in [0.5, 0.6) is 0 Å². The van der Waals surface area contributed by atoms with Crippen molar-refractivity contribution in [3.05, 3.63) is 40.3 Å². The maximum absolute atomic E-state index is 8.10. The standard InChI is InChI=1S/C9H11N3S/c1-13-9-4-2-3-8(7-9)5-6-11-12-10/h2-4,7H,5-6H2,1H3. The Morgan fingerprint density at radius 2 is 2.38 bits per heavy atom. The van der Waals surface area contributed by atoms with Crippen LogP contribution >= 0.6 is 11.8 Å². The van der Waals surface area contributed by atoms with Gasteiger partial charge in [0.15, 0.2) is 0 Å². The van der Waals surface area contributed by atoms with E-state index in [9.17, 15) is 0 Å². The normalized spacial score (nSPS) is 9.31. The molecule has 0 aliphatic heterocycles. The summed E-state index contributed by atoms with van der Waals surface area (Å²) in [5.41, 5.74) is 9.32. The van der Waals surface area contributed by atoms with Crippen molar-refractivity contribution in [1.82, 2.24) is 0 Å². The fourth-order valence-electron chi connectivity index (χ4n) is 1.05. The third-order valence-corrected chi connectivity index (χ3v) is 2.42. The molecule has 0 aliphatic rings. The number of hydrogen-bond donors (Lipinski definition) is 0. The van der Waals surface area contributed by atoms with Crippen molar-refractivity contribution in [2.75, 3.05) is 12.8 Å². The first kappa shape index (κ1) is 9.96. The summed E-state index contributed by atoms with van der Waals surface area (Å²) < 4.78 is 0. The van der Waals surface area contributed by atoms with Gasteiger partial charge in [0.25, 0.3) is 0 Å². The number of rotatable bonds is 4. The molecule has 0 saturated heterocycles. The van der Waals surface area contributed by atoms with E-state index >= 15 is 0 Å². The van der Waals surface area contributed by atoms with Crippen molar-refractivity contribution in [2.24, 2.45) is 5.11 Å². The van der Waals surface area contributed by atoms with Crippen LogP contribution in [0.3, 0.4) is 0 Å². The zero-order valence-corrected chi connectivity index (χ0v) is 8.29. The van der Waals surface area contributed by atoms with Crippen LogP contribution in [0.1, 0.15) is 5.56 Å². The Morgan fingerprint density at radius 3 is 3.08 bits per heavy atom. The molecule has 13 heavy (non-hydrogen) atoms. The molecule has 0 aromatic heterocycles. The van der Waals surface area contributed by atoms with E-state index in [4.69, 9.17) is 5.53 Å². The molecule has 0 amide bonds. The number of azide groups is 1. The van der Waals surface area contributed by atoms with Gasteiger partial charge in [-0.3, -0.25) is 0 Å². The first-order chi connectivity index (χ1) is 6.36. The van der Waals surface area contributed by atoms with Gasteiger partial charge < -0.3 is 0 Å². The lowest BCUT2D eigenvalue weighted by atomic mass is 10.2. The predicted molar refractivity (Wildman–Crippen MR) is 55.9 cm³/mol. The summed E-state index contributed by atoms with van der Waals surface area (Å²) in [6.07, 6.45) is 2.87. The van der Waals surface area contributed by atoms with E-state index < -0.39 is 0 Å². The molecule has 68 valence electrons. The lowest BCUT2D eigenvalue weighted by molar-refractivity contribution is 0.952. The molecule has 4 heteroatoms. The van der Waals surface area contributed by atoms with Crippen LogP contribution in [0.15, 0.2) is 34.3 Å². The monoisotopic (exact) mass is 193 g/mol. The van der Waals surface area contributed by atoms with Gasteiger partial charge in [0.05, 0.1) is 0 Å². The maximum Gasteiger partial charge on any atom is 0.0298 e. The minimum Gasteiger partial charge on any atom is -0.130 e. The lowest BCUT2D eigenvalue weighted by Gasteiger charge is -2.00. The number of benzene rings is 1. The fraction of sp³-hybridized carbons (Fsp3) is 0.333. The van der Waals surface area contributed by atoms with Crippen LogP contribution < -0.4 is 0 Å². The summed E-state index contributed by atoms with van der Waals surface area (Å²) in [4.78, 5) is 3.96. The van der Waals surface area contributed by atoms with E-state index in [1.807, 2.05) is 18.4 Å².